The minimum absolute atomic E-state index is 0. The van der Waals surface area contributed by atoms with Crippen molar-refractivity contribution in [1.82, 2.24) is 4.98 Å². The monoisotopic (exact) mass is 581 g/mol. The molecule has 1 aromatic heterocycles. The van der Waals surface area contributed by atoms with Gasteiger partial charge in [-0.2, -0.15) is 0 Å². The van der Waals surface area contributed by atoms with Crippen LogP contribution in [-0.2, 0) is 20.1 Å². The number of aromatic carboxylic acids is 1. The minimum atomic E-state index is -1.24. The molecule has 0 aliphatic heterocycles. The molecular formula is C15H34ClIrNO2P3+4. The summed E-state index contributed by atoms with van der Waals surface area (Å²) in [4.78, 5) is 13.5. The third-order valence-corrected chi connectivity index (χ3v) is 0.874. The summed E-state index contributed by atoms with van der Waals surface area (Å²) >= 11 is 0. The van der Waals surface area contributed by atoms with E-state index in [9.17, 15) is 9.90 Å². The topological polar surface area (TPSA) is 53.0 Å². The molecule has 0 aliphatic carbocycles. The van der Waals surface area contributed by atoms with Gasteiger partial charge in [0.25, 0.3) is 0 Å². The first kappa shape index (κ1) is 35.0. The van der Waals surface area contributed by atoms with Crippen LogP contribution < -0.4 is 17.5 Å². The molecule has 23 heavy (non-hydrogen) atoms. The van der Waals surface area contributed by atoms with Gasteiger partial charge in [-0.3, -0.25) is 4.98 Å². The number of halogens is 1. The van der Waals surface area contributed by atoms with Gasteiger partial charge in [0, 0.05) is 66.2 Å². The summed E-state index contributed by atoms with van der Waals surface area (Å²) in [5.41, 5.74) is -0.0301. The van der Waals surface area contributed by atoms with Crippen molar-refractivity contribution < 1.29 is 42.4 Å². The quantitative estimate of drug-likeness (QED) is 0.430. The third kappa shape index (κ3) is 60.2. The van der Waals surface area contributed by atoms with E-state index in [1.54, 1.807) is 12.1 Å². The molecule has 0 aromatic carbocycles. The molecule has 8 heteroatoms. The van der Waals surface area contributed by atoms with Gasteiger partial charge in [-0.25, -0.2) is 0 Å². The molecule has 0 unspecified atom stereocenters. The predicted octanol–water partition coefficient (Wildman–Crippen LogP) is -0.283. The van der Waals surface area contributed by atoms with Crippen LogP contribution >= 0.6 is 23.8 Å². The predicted molar refractivity (Wildman–Crippen MR) is 107 cm³/mol. The molecule has 0 bridgehead atoms. The first-order valence-corrected chi connectivity index (χ1v) is 15.9. The van der Waals surface area contributed by atoms with Gasteiger partial charge < -0.3 is 22.3 Å². The fourth-order valence-electron chi connectivity index (χ4n) is 0.484. The molecule has 138 valence electrons. The van der Waals surface area contributed by atoms with Crippen molar-refractivity contribution >= 4 is 29.7 Å². The summed E-state index contributed by atoms with van der Waals surface area (Å²) in [6.45, 7) is 20.4. The Bertz CT molecular complexity index is 320. The standard InChI is InChI=1S/C6H5NO2.3C3H9P.ClH.Ir/c8-6(9)5-3-1-2-4-7-5;3*1-4(2)3;;/h1-4H,(H,8,9);3*1-3H3;1H;/q;;;;;+3/p+1. The van der Waals surface area contributed by atoms with Crippen LogP contribution in [0.5, 0.6) is 0 Å². The number of carbonyl (C=O) groups excluding carboxylic acids is 1. The number of nitrogens with zero attached hydrogens (tertiary/aromatic N) is 1. The second-order valence-corrected chi connectivity index (χ2v) is 15.0. The van der Waals surface area contributed by atoms with Crippen LogP contribution in [0.1, 0.15) is 10.5 Å². The zero-order chi connectivity index (χ0) is 17.4. The minimum Gasteiger partial charge on any atom is -1.00 e. The van der Waals surface area contributed by atoms with E-state index < -0.39 is 5.97 Å². The van der Waals surface area contributed by atoms with Crippen molar-refractivity contribution in [3.8, 4) is 0 Å². The summed E-state index contributed by atoms with van der Waals surface area (Å²) in [7, 11) is 0.361. The number of carboxylic acid groups (broad SMARTS) is 1. The molecule has 0 radical (unpaired) electrons. The molecule has 1 heterocycles. The van der Waals surface area contributed by atoms with Gasteiger partial charge in [0.1, 0.15) is 0 Å². The van der Waals surface area contributed by atoms with E-state index in [-0.39, 0.29) is 62.0 Å². The molecule has 0 fully saturated rings. The van der Waals surface area contributed by atoms with Crippen LogP contribution in [0.3, 0.4) is 0 Å². The number of aromatic nitrogens is 1. The van der Waals surface area contributed by atoms with Crippen LogP contribution in [0.2, 0.25) is 0 Å². The first-order valence-electron chi connectivity index (χ1n) is 6.93. The Kier molecular flexibility index (Phi) is 38.2. The Hall–Kier alpha value is 0.849. The second-order valence-electron chi connectivity index (χ2n) is 6.00. The van der Waals surface area contributed by atoms with E-state index in [0.717, 1.165) is 0 Å². The van der Waals surface area contributed by atoms with Gasteiger partial charge in [-0.15, -0.1) is 0 Å². The van der Waals surface area contributed by atoms with E-state index >= 15 is 0 Å². The van der Waals surface area contributed by atoms with Crippen LogP contribution in [0.4, 0.5) is 0 Å². The Morgan fingerprint density at radius 2 is 1.17 bits per heavy atom. The average molecular weight is 581 g/mol. The number of hydrogen-bond acceptors (Lipinski definition) is 3. The van der Waals surface area contributed by atoms with E-state index in [0.29, 0.717) is 0 Å². The Balaban J connectivity index is -0.0000000670. The van der Waals surface area contributed by atoms with E-state index in [2.05, 4.69) is 65.0 Å². The fraction of sp³-hybridized carbons (Fsp3) is 0.600. The Labute approximate surface area is 166 Å². The number of carboxylic acids is 1. The maximum absolute atomic E-state index is 10.0. The van der Waals surface area contributed by atoms with Gasteiger partial charge in [0.15, 0.2) is 0 Å². The Morgan fingerprint density at radius 1 is 0.870 bits per heavy atom. The maximum Gasteiger partial charge on any atom is 3.00 e. The van der Waals surface area contributed by atoms with Crippen LogP contribution in [0, 0.1) is 0 Å². The third-order valence-electron chi connectivity index (χ3n) is 0.874. The number of rotatable bonds is 1. The summed E-state index contributed by atoms with van der Waals surface area (Å²) in [6.07, 6.45) is 1.41. The van der Waals surface area contributed by atoms with Crippen molar-refractivity contribution in [2.75, 3.05) is 60.0 Å². The zero-order valence-electron chi connectivity index (χ0n) is 15.8. The van der Waals surface area contributed by atoms with Gasteiger partial charge in [0.2, 0.25) is 0 Å². The van der Waals surface area contributed by atoms with Crippen molar-refractivity contribution in [2.45, 2.75) is 0 Å². The number of pyridine rings is 1. The van der Waals surface area contributed by atoms with Crippen molar-refractivity contribution in [2.24, 2.45) is 0 Å². The number of hydrogen-bond donors (Lipinski definition) is 0. The van der Waals surface area contributed by atoms with Crippen LogP contribution in [0.25, 0.3) is 0 Å². The van der Waals surface area contributed by atoms with Crippen LogP contribution in [-0.4, -0.2) is 70.9 Å². The molecule has 0 atom stereocenters. The summed E-state index contributed by atoms with van der Waals surface area (Å²) in [5, 5.41) is 10.0. The van der Waals surface area contributed by atoms with Crippen molar-refractivity contribution in [3.05, 3.63) is 30.1 Å². The second kappa shape index (κ2) is 25.1. The molecule has 0 spiro atoms. The normalized spacial score (nSPS) is 8.17. The molecule has 1 rings (SSSR count). The molecule has 1 aromatic rings. The van der Waals surface area contributed by atoms with Crippen LogP contribution in [0.15, 0.2) is 24.4 Å². The maximum atomic E-state index is 10.0. The van der Waals surface area contributed by atoms with Gasteiger partial charge in [-0.05, 0) is 35.9 Å². The molecule has 0 N–H and O–H groups in total. The van der Waals surface area contributed by atoms with E-state index in [1.807, 2.05) is 0 Å². The zero-order valence-corrected chi connectivity index (χ0v) is 21.9. The summed E-state index contributed by atoms with van der Waals surface area (Å²) < 4.78 is 0. The van der Waals surface area contributed by atoms with Gasteiger partial charge >= 0.3 is 20.1 Å². The van der Waals surface area contributed by atoms with Gasteiger partial charge in [-0.1, -0.05) is 6.07 Å². The largest absolute Gasteiger partial charge is 3.00 e. The Morgan fingerprint density at radius 3 is 1.30 bits per heavy atom. The number of carbonyl (C=O) groups is 1. The smallest absolute Gasteiger partial charge is 1.00 e. The van der Waals surface area contributed by atoms with E-state index in [1.165, 1.54) is 12.3 Å². The first-order chi connectivity index (χ1) is 9.50. The molecule has 0 aliphatic rings. The molecule has 0 saturated carbocycles. The van der Waals surface area contributed by atoms with Crippen molar-refractivity contribution in [3.63, 3.8) is 0 Å². The summed E-state index contributed by atoms with van der Waals surface area (Å²) in [6, 6.07) is 4.62. The molecule has 0 amide bonds. The van der Waals surface area contributed by atoms with E-state index in [4.69, 9.17) is 0 Å². The average Bonchev–Trinajstić information content (AvgIpc) is 2.27. The van der Waals surface area contributed by atoms with Crippen molar-refractivity contribution in [1.29, 1.82) is 0 Å². The summed E-state index contributed by atoms with van der Waals surface area (Å²) in [5.74, 6) is -1.24. The molecule has 0 saturated heterocycles. The molecule has 3 nitrogen and oxygen atoms in total. The molecular weight excluding hydrogens is 547 g/mol. The van der Waals surface area contributed by atoms with Gasteiger partial charge in [0.05, 0.1) is 11.7 Å². The SMILES string of the molecule is C[PH+](C)C.C[PH+](C)C.C[PH+](C)C.O=C([O-])c1ccccn1.[Cl-].[Ir+3]. The fourth-order valence-corrected chi connectivity index (χ4v) is 0.484.